The molecule has 2 fully saturated rings. The maximum atomic E-state index is 13.3. The van der Waals surface area contributed by atoms with Crippen LogP contribution in [-0.4, -0.2) is 30.5 Å². The molecule has 0 heterocycles. The summed E-state index contributed by atoms with van der Waals surface area (Å²) in [5.74, 6) is 2.36. The van der Waals surface area contributed by atoms with Gasteiger partial charge in [-0.1, -0.05) is 18.6 Å². The second kappa shape index (κ2) is 7.77. The van der Waals surface area contributed by atoms with Gasteiger partial charge < -0.3 is 15.4 Å². The van der Waals surface area contributed by atoms with Gasteiger partial charge in [-0.2, -0.15) is 0 Å². The van der Waals surface area contributed by atoms with E-state index in [1.54, 1.807) is 7.11 Å². The zero-order valence-corrected chi connectivity index (χ0v) is 15.8. The molecule has 0 spiro atoms. The number of hydrogen-bond acceptors (Lipinski definition) is 3. The second-order valence-electron chi connectivity index (χ2n) is 7.77. The minimum absolute atomic E-state index is 0.0584. The average molecular weight is 344 g/mol. The minimum atomic E-state index is 0.0584. The van der Waals surface area contributed by atoms with Crippen molar-refractivity contribution in [1.82, 2.24) is 4.90 Å². The molecule has 0 aliphatic heterocycles. The van der Waals surface area contributed by atoms with Crippen molar-refractivity contribution in [2.75, 3.05) is 13.7 Å². The molecule has 3 atom stereocenters. The number of methoxy groups -OCH3 is 1. The van der Waals surface area contributed by atoms with Crippen LogP contribution in [0.4, 0.5) is 0 Å². The van der Waals surface area contributed by atoms with E-state index in [4.69, 9.17) is 10.5 Å². The lowest BCUT2D eigenvalue weighted by Crippen LogP contribution is -2.50. The quantitative estimate of drug-likeness (QED) is 0.885. The first-order valence-electron chi connectivity index (χ1n) is 9.75. The molecule has 3 rings (SSSR count). The van der Waals surface area contributed by atoms with E-state index in [-0.39, 0.29) is 12.0 Å². The van der Waals surface area contributed by atoms with Crippen LogP contribution < -0.4 is 10.5 Å². The van der Waals surface area contributed by atoms with Crippen molar-refractivity contribution in [3.63, 3.8) is 0 Å². The third-order valence-electron chi connectivity index (χ3n) is 6.43. The maximum Gasteiger partial charge on any atom is 0.226 e. The highest BCUT2D eigenvalue weighted by atomic mass is 16.5. The van der Waals surface area contributed by atoms with Gasteiger partial charge in [0.05, 0.1) is 13.2 Å². The van der Waals surface area contributed by atoms with Crippen LogP contribution in [-0.2, 0) is 4.79 Å². The highest BCUT2D eigenvalue weighted by Gasteiger charge is 2.42. The SMILES string of the molecule is CCN(C(=O)C1CC2CCCC(C1)C2N)C(C)c1cccc(OC)c1. The van der Waals surface area contributed by atoms with E-state index in [9.17, 15) is 4.79 Å². The highest BCUT2D eigenvalue weighted by molar-refractivity contribution is 5.79. The number of hydrogen-bond donors (Lipinski definition) is 1. The van der Waals surface area contributed by atoms with Crippen LogP contribution in [0.3, 0.4) is 0 Å². The van der Waals surface area contributed by atoms with Gasteiger partial charge >= 0.3 is 0 Å². The molecule has 1 amide bonds. The number of amides is 1. The van der Waals surface area contributed by atoms with Gasteiger partial charge in [0, 0.05) is 18.5 Å². The van der Waals surface area contributed by atoms with Crippen molar-refractivity contribution >= 4 is 5.91 Å². The topological polar surface area (TPSA) is 55.6 Å². The Hall–Kier alpha value is -1.55. The normalized spacial score (nSPS) is 29.8. The first-order chi connectivity index (χ1) is 12.0. The smallest absolute Gasteiger partial charge is 0.226 e. The third kappa shape index (κ3) is 3.69. The molecule has 0 aromatic heterocycles. The fraction of sp³-hybridized carbons (Fsp3) is 0.667. The fourth-order valence-electron chi connectivity index (χ4n) is 4.93. The highest BCUT2D eigenvalue weighted by Crippen LogP contribution is 2.43. The van der Waals surface area contributed by atoms with Crippen molar-refractivity contribution in [3.8, 4) is 5.75 Å². The van der Waals surface area contributed by atoms with E-state index in [2.05, 4.69) is 19.9 Å². The van der Waals surface area contributed by atoms with E-state index in [0.717, 1.165) is 30.7 Å². The predicted octanol–water partition coefficient (Wildman–Crippen LogP) is 3.76. The van der Waals surface area contributed by atoms with Crippen molar-refractivity contribution in [3.05, 3.63) is 29.8 Å². The van der Waals surface area contributed by atoms with Gasteiger partial charge in [0.15, 0.2) is 0 Å². The van der Waals surface area contributed by atoms with E-state index in [0.29, 0.717) is 23.8 Å². The number of nitrogens with zero attached hydrogens (tertiary/aromatic N) is 1. The molecule has 2 aliphatic carbocycles. The van der Waals surface area contributed by atoms with Crippen LogP contribution in [0.2, 0.25) is 0 Å². The van der Waals surface area contributed by atoms with Crippen LogP contribution in [0.15, 0.2) is 24.3 Å². The standard InChI is InChI=1S/C21H32N2O2/c1-4-23(14(2)15-7-6-10-19(13-15)25-3)21(24)18-11-16-8-5-9-17(12-18)20(16)22/h6-7,10,13-14,16-18,20H,4-5,8-9,11-12,22H2,1-3H3. The van der Waals surface area contributed by atoms with Crippen LogP contribution in [0, 0.1) is 17.8 Å². The molecule has 1 aromatic carbocycles. The lowest BCUT2D eigenvalue weighted by atomic mass is 9.65. The van der Waals surface area contributed by atoms with Gasteiger partial charge in [-0.25, -0.2) is 0 Å². The zero-order chi connectivity index (χ0) is 18.0. The first-order valence-corrected chi connectivity index (χ1v) is 9.75. The Kier molecular flexibility index (Phi) is 5.67. The molecule has 3 unspecified atom stereocenters. The molecule has 138 valence electrons. The summed E-state index contributed by atoms with van der Waals surface area (Å²) in [7, 11) is 1.68. The van der Waals surface area contributed by atoms with Crippen molar-refractivity contribution < 1.29 is 9.53 Å². The Bertz CT molecular complexity index is 589. The third-order valence-corrected chi connectivity index (χ3v) is 6.43. The Labute approximate surface area is 151 Å². The van der Waals surface area contributed by atoms with E-state index < -0.39 is 0 Å². The molecule has 2 saturated carbocycles. The van der Waals surface area contributed by atoms with Gasteiger partial charge in [0.25, 0.3) is 0 Å². The molecule has 4 heteroatoms. The maximum absolute atomic E-state index is 13.3. The molecule has 2 N–H and O–H groups in total. The molecule has 1 aromatic rings. The summed E-state index contributed by atoms with van der Waals surface area (Å²) in [6.45, 7) is 4.92. The van der Waals surface area contributed by atoms with E-state index >= 15 is 0 Å². The first kappa shape index (κ1) is 18.2. The zero-order valence-electron chi connectivity index (χ0n) is 15.8. The van der Waals surface area contributed by atoms with Crippen LogP contribution in [0.25, 0.3) is 0 Å². The summed E-state index contributed by atoms with van der Waals surface area (Å²) in [5, 5.41) is 0. The second-order valence-corrected chi connectivity index (χ2v) is 7.77. The van der Waals surface area contributed by atoms with Crippen LogP contribution in [0.5, 0.6) is 5.75 Å². The lowest BCUT2D eigenvalue weighted by Gasteiger charge is -2.45. The van der Waals surface area contributed by atoms with Gasteiger partial charge in [-0.05, 0) is 69.1 Å². The molecular formula is C21H32N2O2. The number of fused-ring (bicyclic) bond motifs is 2. The summed E-state index contributed by atoms with van der Waals surface area (Å²) < 4.78 is 5.34. The Morgan fingerprint density at radius 3 is 2.60 bits per heavy atom. The molecule has 0 saturated heterocycles. The Balaban J connectivity index is 1.74. The lowest BCUT2D eigenvalue weighted by molar-refractivity contribution is -0.140. The predicted molar refractivity (Wildman–Crippen MR) is 100 cm³/mol. The molecule has 2 aliphatic rings. The van der Waals surface area contributed by atoms with Gasteiger partial charge in [-0.15, -0.1) is 0 Å². The summed E-state index contributed by atoms with van der Waals surface area (Å²) in [6.07, 6.45) is 5.61. The summed E-state index contributed by atoms with van der Waals surface area (Å²) in [4.78, 5) is 15.3. The number of carbonyl (C=O) groups is 1. The van der Waals surface area contributed by atoms with Crippen LogP contribution >= 0.6 is 0 Å². The Morgan fingerprint density at radius 1 is 1.32 bits per heavy atom. The Morgan fingerprint density at radius 2 is 2.00 bits per heavy atom. The molecule has 25 heavy (non-hydrogen) atoms. The van der Waals surface area contributed by atoms with Gasteiger partial charge in [0.1, 0.15) is 5.75 Å². The van der Waals surface area contributed by atoms with Gasteiger partial charge in [0.2, 0.25) is 5.91 Å². The number of nitrogens with two attached hydrogens (primary N) is 1. The van der Waals surface area contributed by atoms with Crippen molar-refractivity contribution in [1.29, 1.82) is 0 Å². The summed E-state index contributed by atoms with van der Waals surface area (Å²) in [6, 6.07) is 8.41. The molecular weight excluding hydrogens is 312 g/mol. The monoisotopic (exact) mass is 344 g/mol. The number of carbonyl (C=O) groups excluding carboxylic acids is 1. The molecule has 4 nitrogen and oxygen atoms in total. The fourth-order valence-corrected chi connectivity index (χ4v) is 4.93. The largest absolute Gasteiger partial charge is 0.497 e. The van der Waals surface area contributed by atoms with E-state index in [1.807, 2.05) is 23.1 Å². The number of ether oxygens (including phenoxy) is 1. The van der Waals surface area contributed by atoms with Crippen molar-refractivity contribution in [2.24, 2.45) is 23.5 Å². The number of benzene rings is 1. The number of rotatable bonds is 5. The van der Waals surface area contributed by atoms with Crippen molar-refractivity contribution in [2.45, 2.75) is 58.0 Å². The van der Waals surface area contributed by atoms with E-state index in [1.165, 1.54) is 19.3 Å². The summed E-state index contributed by atoms with van der Waals surface area (Å²) >= 11 is 0. The average Bonchev–Trinajstić information content (AvgIpc) is 2.62. The summed E-state index contributed by atoms with van der Waals surface area (Å²) in [5.41, 5.74) is 7.53. The van der Waals surface area contributed by atoms with Gasteiger partial charge in [-0.3, -0.25) is 4.79 Å². The molecule has 0 radical (unpaired) electrons. The molecule has 2 bridgehead atoms. The minimum Gasteiger partial charge on any atom is -0.497 e. The van der Waals surface area contributed by atoms with Crippen LogP contribution in [0.1, 0.15) is 57.6 Å².